The molecular formula is C27H35F2N3O2. The van der Waals surface area contributed by atoms with Gasteiger partial charge in [-0.15, -0.1) is 6.58 Å². The monoisotopic (exact) mass is 471 g/mol. The number of hydrogen-bond donors (Lipinski definition) is 1. The molecule has 0 aromatic heterocycles. The molecule has 0 saturated carbocycles. The van der Waals surface area contributed by atoms with Crippen LogP contribution in [0.5, 0.6) is 5.75 Å². The molecule has 1 saturated heterocycles. The normalized spacial score (nSPS) is 18.7. The molecule has 184 valence electrons. The highest BCUT2D eigenvalue weighted by molar-refractivity contribution is 5.96. The SMILES string of the molecule is C=CCN1CC(C)N(c2cc(C(=O)N(CC)CC)c(F)c(Cc3ccc(O)cc3)c2F)CC1C. The van der Waals surface area contributed by atoms with Crippen molar-refractivity contribution in [1.29, 1.82) is 0 Å². The summed E-state index contributed by atoms with van der Waals surface area (Å²) in [5, 5.41) is 9.58. The van der Waals surface area contributed by atoms with Gasteiger partial charge in [0.1, 0.15) is 11.6 Å². The van der Waals surface area contributed by atoms with Gasteiger partial charge < -0.3 is 14.9 Å². The Kier molecular flexibility index (Phi) is 8.31. The molecule has 3 rings (SSSR count). The molecule has 1 N–H and O–H groups in total. The van der Waals surface area contributed by atoms with E-state index in [0.717, 1.165) is 6.54 Å². The Hall–Kier alpha value is -2.93. The van der Waals surface area contributed by atoms with E-state index in [1.807, 2.05) is 31.7 Å². The van der Waals surface area contributed by atoms with Gasteiger partial charge in [0.25, 0.3) is 5.91 Å². The second-order valence-corrected chi connectivity index (χ2v) is 8.96. The number of anilines is 1. The summed E-state index contributed by atoms with van der Waals surface area (Å²) in [5.74, 6) is -1.83. The molecule has 5 nitrogen and oxygen atoms in total. The second-order valence-electron chi connectivity index (χ2n) is 8.96. The quantitative estimate of drug-likeness (QED) is 0.561. The van der Waals surface area contributed by atoms with Gasteiger partial charge in [-0.05, 0) is 51.5 Å². The minimum atomic E-state index is -0.822. The molecule has 34 heavy (non-hydrogen) atoms. The van der Waals surface area contributed by atoms with Crippen LogP contribution in [0.3, 0.4) is 0 Å². The van der Waals surface area contributed by atoms with Crippen LogP contribution in [0.4, 0.5) is 14.5 Å². The molecule has 1 fully saturated rings. The minimum absolute atomic E-state index is 0.0231. The molecule has 1 amide bonds. The van der Waals surface area contributed by atoms with E-state index in [1.54, 1.807) is 17.0 Å². The van der Waals surface area contributed by atoms with Crippen molar-refractivity contribution < 1.29 is 18.7 Å². The van der Waals surface area contributed by atoms with Crippen LogP contribution in [0.2, 0.25) is 0 Å². The number of carbonyl (C=O) groups is 1. The maximum absolute atomic E-state index is 16.0. The maximum atomic E-state index is 16.0. The highest BCUT2D eigenvalue weighted by Crippen LogP contribution is 2.33. The van der Waals surface area contributed by atoms with Crippen LogP contribution in [0.25, 0.3) is 0 Å². The zero-order chi connectivity index (χ0) is 25.0. The van der Waals surface area contributed by atoms with Gasteiger partial charge in [-0.3, -0.25) is 9.69 Å². The fourth-order valence-electron chi connectivity index (χ4n) is 4.65. The molecule has 1 aliphatic rings. The molecule has 0 bridgehead atoms. The van der Waals surface area contributed by atoms with Gasteiger partial charge in [-0.25, -0.2) is 8.78 Å². The van der Waals surface area contributed by atoms with E-state index in [1.165, 1.54) is 18.2 Å². The van der Waals surface area contributed by atoms with Gasteiger partial charge in [0.2, 0.25) is 0 Å². The summed E-state index contributed by atoms with van der Waals surface area (Å²) >= 11 is 0. The first-order valence-corrected chi connectivity index (χ1v) is 11.9. The van der Waals surface area contributed by atoms with Gasteiger partial charge in [0, 0.05) is 56.8 Å². The molecule has 0 radical (unpaired) electrons. The standard InChI is InChI=1S/C27H35F2N3O2/c1-6-13-31-16-19(5)32(17-18(31)4)24-15-23(27(34)30(7-2)8-3)25(28)22(26(24)29)14-20-9-11-21(33)12-10-20/h6,9-12,15,18-19,33H,1,7-8,13-14,16-17H2,2-5H3. The molecule has 2 aromatic rings. The fourth-order valence-corrected chi connectivity index (χ4v) is 4.65. The van der Waals surface area contributed by atoms with Crippen molar-refractivity contribution >= 4 is 11.6 Å². The van der Waals surface area contributed by atoms with E-state index < -0.39 is 17.5 Å². The van der Waals surface area contributed by atoms with Crippen LogP contribution in [-0.2, 0) is 6.42 Å². The number of piperazine rings is 1. The van der Waals surface area contributed by atoms with E-state index in [0.29, 0.717) is 31.7 Å². The van der Waals surface area contributed by atoms with Crippen LogP contribution in [0.15, 0.2) is 43.0 Å². The van der Waals surface area contributed by atoms with Crippen LogP contribution >= 0.6 is 0 Å². The summed E-state index contributed by atoms with van der Waals surface area (Å²) in [7, 11) is 0. The number of benzene rings is 2. The van der Waals surface area contributed by atoms with Gasteiger partial charge >= 0.3 is 0 Å². The Labute approximate surface area is 201 Å². The first-order valence-electron chi connectivity index (χ1n) is 11.9. The lowest BCUT2D eigenvalue weighted by molar-refractivity contribution is 0.0768. The van der Waals surface area contributed by atoms with Crippen LogP contribution in [-0.4, -0.2) is 65.6 Å². The summed E-state index contributed by atoms with van der Waals surface area (Å²) in [4.78, 5) is 19.0. The average Bonchev–Trinajstić information content (AvgIpc) is 2.81. The van der Waals surface area contributed by atoms with Crippen molar-refractivity contribution in [3.63, 3.8) is 0 Å². The highest BCUT2D eigenvalue weighted by atomic mass is 19.1. The van der Waals surface area contributed by atoms with Crippen LogP contribution in [0.1, 0.15) is 49.2 Å². The van der Waals surface area contributed by atoms with Gasteiger partial charge in [-0.2, -0.15) is 0 Å². The first-order chi connectivity index (χ1) is 16.2. The molecular weight excluding hydrogens is 436 g/mol. The Morgan fingerprint density at radius 2 is 1.76 bits per heavy atom. The smallest absolute Gasteiger partial charge is 0.256 e. The lowest BCUT2D eigenvalue weighted by Crippen LogP contribution is -2.56. The number of hydrogen-bond acceptors (Lipinski definition) is 4. The number of aromatic hydroxyl groups is 1. The topological polar surface area (TPSA) is 47.0 Å². The lowest BCUT2D eigenvalue weighted by Gasteiger charge is -2.45. The number of phenolic OH excluding ortho intramolecular Hbond substituents is 1. The number of halogens is 2. The third-order valence-electron chi connectivity index (χ3n) is 6.66. The van der Waals surface area contributed by atoms with Crippen molar-refractivity contribution in [2.75, 3.05) is 37.6 Å². The lowest BCUT2D eigenvalue weighted by atomic mass is 9.97. The molecule has 2 atom stereocenters. The van der Waals surface area contributed by atoms with E-state index in [4.69, 9.17) is 0 Å². The molecule has 0 spiro atoms. The maximum Gasteiger partial charge on any atom is 0.256 e. The summed E-state index contributed by atoms with van der Waals surface area (Å²) in [6, 6.07) is 7.73. The molecule has 2 aromatic carbocycles. The van der Waals surface area contributed by atoms with E-state index in [2.05, 4.69) is 18.4 Å². The largest absolute Gasteiger partial charge is 0.508 e. The van der Waals surface area contributed by atoms with Crippen molar-refractivity contribution in [1.82, 2.24) is 9.80 Å². The predicted octanol–water partition coefficient (Wildman–Crippen LogP) is 4.83. The first kappa shape index (κ1) is 25.7. The summed E-state index contributed by atoms with van der Waals surface area (Å²) in [6.07, 6.45) is 1.83. The van der Waals surface area contributed by atoms with Crippen molar-refractivity contribution in [3.05, 3.63) is 71.3 Å². The number of carbonyl (C=O) groups excluding carboxylic acids is 1. The summed E-state index contributed by atoms with van der Waals surface area (Å²) in [6.45, 7) is 14.4. The Morgan fingerprint density at radius 1 is 1.12 bits per heavy atom. The third-order valence-corrected chi connectivity index (χ3v) is 6.66. The number of phenols is 1. The van der Waals surface area contributed by atoms with Gasteiger partial charge in [-0.1, -0.05) is 18.2 Å². The van der Waals surface area contributed by atoms with Crippen molar-refractivity contribution in [2.45, 2.75) is 46.2 Å². The van der Waals surface area contributed by atoms with E-state index in [-0.39, 0.29) is 41.1 Å². The Bertz CT molecular complexity index is 1020. The van der Waals surface area contributed by atoms with Gasteiger partial charge in [0.05, 0.1) is 11.3 Å². The van der Waals surface area contributed by atoms with Crippen molar-refractivity contribution in [2.24, 2.45) is 0 Å². The summed E-state index contributed by atoms with van der Waals surface area (Å²) in [5.41, 5.74) is 0.656. The summed E-state index contributed by atoms with van der Waals surface area (Å²) < 4.78 is 31.6. The Balaban J connectivity index is 2.11. The predicted molar refractivity (Wildman–Crippen MR) is 133 cm³/mol. The van der Waals surface area contributed by atoms with E-state index >= 15 is 8.78 Å². The molecule has 0 aliphatic carbocycles. The Morgan fingerprint density at radius 3 is 2.35 bits per heavy atom. The molecule has 2 unspecified atom stereocenters. The molecule has 1 aliphatic heterocycles. The number of amides is 1. The highest BCUT2D eigenvalue weighted by Gasteiger charge is 2.33. The molecule has 1 heterocycles. The van der Waals surface area contributed by atoms with Crippen LogP contribution < -0.4 is 4.90 Å². The number of nitrogens with zero attached hydrogens (tertiary/aromatic N) is 3. The number of rotatable bonds is 8. The van der Waals surface area contributed by atoms with Gasteiger partial charge in [0.15, 0.2) is 5.82 Å². The fraction of sp³-hybridized carbons (Fsp3) is 0.444. The second kappa shape index (κ2) is 11.0. The van der Waals surface area contributed by atoms with Crippen molar-refractivity contribution in [3.8, 4) is 5.75 Å². The third kappa shape index (κ3) is 5.25. The van der Waals surface area contributed by atoms with E-state index in [9.17, 15) is 9.90 Å². The zero-order valence-electron chi connectivity index (χ0n) is 20.5. The average molecular weight is 472 g/mol. The zero-order valence-corrected chi connectivity index (χ0v) is 20.5. The molecule has 7 heteroatoms. The minimum Gasteiger partial charge on any atom is -0.508 e. The van der Waals surface area contributed by atoms with Crippen LogP contribution in [0, 0.1) is 11.6 Å².